The summed E-state index contributed by atoms with van der Waals surface area (Å²) >= 11 is 0. The van der Waals surface area contributed by atoms with E-state index in [-0.39, 0.29) is 11.7 Å². The number of hydrogen-bond donors (Lipinski definition) is 2. The molecule has 2 aromatic rings. The molecule has 0 heterocycles. The first-order chi connectivity index (χ1) is 9.58. The molecule has 0 aliphatic heterocycles. The first-order valence-electron chi connectivity index (χ1n) is 6.27. The van der Waals surface area contributed by atoms with E-state index in [9.17, 15) is 9.90 Å². The number of amides is 1. The number of rotatable bonds is 3. The molecule has 4 heteroatoms. The Morgan fingerprint density at radius 1 is 1.15 bits per heavy atom. The van der Waals surface area contributed by atoms with Gasteiger partial charge in [-0.1, -0.05) is 29.8 Å². The van der Waals surface area contributed by atoms with Crippen molar-refractivity contribution in [3.8, 4) is 5.75 Å². The van der Waals surface area contributed by atoms with Crippen LogP contribution in [0.15, 0.2) is 53.6 Å². The highest BCUT2D eigenvalue weighted by Crippen LogP contribution is 2.16. The van der Waals surface area contributed by atoms with E-state index in [0.717, 1.165) is 5.56 Å². The molecule has 0 saturated heterocycles. The number of carbonyl (C=O) groups excluding carboxylic acids is 1. The molecular formula is C16H16N2O2. The smallest absolute Gasteiger partial charge is 0.271 e. The molecule has 2 aromatic carbocycles. The highest BCUT2D eigenvalue weighted by atomic mass is 16.3. The highest BCUT2D eigenvalue weighted by molar-refractivity contribution is 6.02. The lowest BCUT2D eigenvalue weighted by Crippen LogP contribution is -2.19. The maximum Gasteiger partial charge on any atom is 0.271 e. The number of aryl methyl sites for hydroxylation is 1. The van der Waals surface area contributed by atoms with Gasteiger partial charge in [-0.05, 0) is 38.1 Å². The van der Waals surface area contributed by atoms with Crippen molar-refractivity contribution in [2.75, 3.05) is 0 Å². The largest absolute Gasteiger partial charge is 0.507 e. The van der Waals surface area contributed by atoms with E-state index < -0.39 is 0 Å². The zero-order valence-corrected chi connectivity index (χ0v) is 11.4. The minimum absolute atomic E-state index is 0.138. The lowest BCUT2D eigenvalue weighted by atomic mass is 10.1. The normalized spacial score (nSPS) is 11.2. The Kier molecular flexibility index (Phi) is 4.15. The van der Waals surface area contributed by atoms with Gasteiger partial charge in [-0.3, -0.25) is 4.79 Å². The van der Waals surface area contributed by atoms with Crippen molar-refractivity contribution in [1.82, 2.24) is 5.43 Å². The number of phenolic OH excluding ortho intramolecular Hbond substituents is 1. The molecule has 102 valence electrons. The summed E-state index contributed by atoms with van der Waals surface area (Å²) in [6, 6.07) is 14.1. The molecule has 2 rings (SSSR count). The first-order valence-corrected chi connectivity index (χ1v) is 6.27. The average molecular weight is 268 g/mol. The average Bonchev–Trinajstić information content (AvgIpc) is 2.45. The molecule has 1 amide bonds. The zero-order valence-electron chi connectivity index (χ0n) is 11.4. The summed E-state index contributed by atoms with van der Waals surface area (Å²) in [6.07, 6.45) is 0. The molecule has 0 aliphatic rings. The van der Waals surface area contributed by atoms with Crippen LogP contribution < -0.4 is 5.43 Å². The third-order valence-electron chi connectivity index (χ3n) is 2.90. The summed E-state index contributed by atoms with van der Waals surface area (Å²) in [4.78, 5) is 11.9. The minimum Gasteiger partial charge on any atom is -0.507 e. The third-order valence-corrected chi connectivity index (χ3v) is 2.90. The number of nitrogens with zero attached hydrogens (tertiary/aromatic N) is 1. The van der Waals surface area contributed by atoms with Crippen molar-refractivity contribution in [2.24, 2.45) is 5.10 Å². The van der Waals surface area contributed by atoms with Gasteiger partial charge in [-0.25, -0.2) is 5.43 Å². The van der Waals surface area contributed by atoms with Crippen LogP contribution in [0.5, 0.6) is 5.75 Å². The van der Waals surface area contributed by atoms with Crippen molar-refractivity contribution in [1.29, 1.82) is 0 Å². The van der Waals surface area contributed by atoms with Crippen LogP contribution in [0.1, 0.15) is 28.4 Å². The van der Waals surface area contributed by atoms with Gasteiger partial charge in [0.05, 0.1) is 5.71 Å². The van der Waals surface area contributed by atoms with Crippen LogP contribution in [-0.4, -0.2) is 16.7 Å². The number of nitrogens with one attached hydrogen (secondary N) is 1. The van der Waals surface area contributed by atoms with Gasteiger partial charge in [0.1, 0.15) is 5.75 Å². The Hall–Kier alpha value is -2.62. The molecule has 0 aromatic heterocycles. The minimum atomic E-state index is -0.275. The summed E-state index contributed by atoms with van der Waals surface area (Å²) in [5, 5.41) is 13.7. The second-order valence-electron chi connectivity index (χ2n) is 4.52. The number of hydrogen-bond acceptors (Lipinski definition) is 3. The topological polar surface area (TPSA) is 61.7 Å². The fraction of sp³-hybridized carbons (Fsp3) is 0.125. The Labute approximate surface area is 117 Å². The summed E-state index contributed by atoms with van der Waals surface area (Å²) in [7, 11) is 0. The Bertz CT molecular complexity index is 663. The van der Waals surface area contributed by atoms with Crippen molar-refractivity contribution in [3.05, 3.63) is 65.2 Å². The number of benzene rings is 2. The van der Waals surface area contributed by atoms with Gasteiger partial charge in [0.25, 0.3) is 5.91 Å². The van der Waals surface area contributed by atoms with E-state index in [1.165, 1.54) is 0 Å². The molecule has 4 nitrogen and oxygen atoms in total. The van der Waals surface area contributed by atoms with E-state index in [4.69, 9.17) is 0 Å². The number of phenols is 1. The standard InChI is InChI=1S/C16H16N2O2/c1-11-6-5-7-13(10-11)16(20)18-17-12(2)14-8-3-4-9-15(14)19/h3-10,19H,1-2H3,(H,18,20). The van der Waals surface area contributed by atoms with Crippen LogP contribution in [-0.2, 0) is 0 Å². The summed E-state index contributed by atoms with van der Waals surface area (Å²) in [5.74, 6) is -0.137. The Balaban J connectivity index is 2.13. The predicted molar refractivity (Wildman–Crippen MR) is 79.0 cm³/mol. The number of hydrazone groups is 1. The van der Waals surface area contributed by atoms with Gasteiger partial charge in [0.15, 0.2) is 0 Å². The fourth-order valence-corrected chi connectivity index (χ4v) is 1.83. The second-order valence-corrected chi connectivity index (χ2v) is 4.52. The third kappa shape index (κ3) is 3.23. The monoisotopic (exact) mass is 268 g/mol. The molecule has 0 spiro atoms. The second kappa shape index (κ2) is 6.02. The Morgan fingerprint density at radius 3 is 2.60 bits per heavy atom. The molecule has 0 bridgehead atoms. The van der Waals surface area contributed by atoms with Crippen molar-refractivity contribution < 1.29 is 9.90 Å². The van der Waals surface area contributed by atoms with Gasteiger partial charge in [0, 0.05) is 11.1 Å². The molecule has 0 fully saturated rings. The van der Waals surface area contributed by atoms with Gasteiger partial charge >= 0.3 is 0 Å². The molecular weight excluding hydrogens is 252 g/mol. The van der Waals surface area contributed by atoms with E-state index >= 15 is 0 Å². The van der Waals surface area contributed by atoms with E-state index in [1.54, 1.807) is 43.3 Å². The summed E-state index contributed by atoms with van der Waals surface area (Å²) in [6.45, 7) is 3.65. The number of aromatic hydroxyl groups is 1. The summed E-state index contributed by atoms with van der Waals surface area (Å²) in [5.41, 5.74) is 5.20. The molecule has 20 heavy (non-hydrogen) atoms. The van der Waals surface area contributed by atoms with Crippen molar-refractivity contribution in [2.45, 2.75) is 13.8 Å². The zero-order chi connectivity index (χ0) is 14.5. The molecule has 0 aliphatic carbocycles. The molecule has 2 N–H and O–H groups in total. The predicted octanol–water partition coefficient (Wildman–Crippen LogP) is 2.85. The lowest BCUT2D eigenvalue weighted by molar-refractivity contribution is 0.0954. The number of para-hydroxylation sites is 1. The number of carbonyl (C=O) groups is 1. The van der Waals surface area contributed by atoms with Gasteiger partial charge < -0.3 is 5.11 Å². The van der Waals surface area contributed by atoms with Gasteiger partial charge in [-0.2, -0.15) is 5.10 Å². The van der Waals surface area contributed by atoms with Gasteiger partial charge in [0.2, 0.25) is 0 Å². The van der Waals surface area contributed by atoms with Crippen LogP contribution >= 0.6 is 0 Å². The Morgan fingerprint density at radius 2 is 1.90 bits per heavy atom. The lowest BCUT2D eigenvalue weighted by Gasteiger charge is -2.05. The van der Waals surface area contributed by atoms with Crippen LogP contribution in [0.3, 0.4) is 0 Å². The van der Waals surface area contributed by atoms with E-state index in [1.807, 2.05) is 19.1 Å². The van der Waals surface area contributed by atoms with Crippen molar-refractivity contribution in [3.63, 3.8) is 0 Å². The SMILES string of the molecule is CC(=NNC(=O)c1cccc(C)c1)c1ccccc1O. The van der Waals surface area contributed by atoms with Crippen LogP contribution in [0.4, 0.5) is 0 Å². The quantitative estimate of drug-likeness (QED) is 0.664. The van der Waals surface area contributed by atoms with Crippen molar-refractivity contribution >= 4 is 11.6 Å². The van der Waals surface area contributed by atoms with Crippen LogP contribution in [0.2, 0.25) is 0 Å². The van der Waals surface area contributed by atoms with Crippen LogP contribution in [0, 0.1) is 6.92 Å². The molecule has 0 saturated carbocycles. The maximum atomic E-state index is 11.9. The molecule has 0 unspecified atom stereocenters. The maximum absolute atomic E-state index is 11.9. The van der Waals surface area contributed by atoms with E-state index in [0.29, 0.717) is 16.8 Å². The highest BCUT2D eigenvalue weighted by Gasteiger charge is 2.06. The van der Waals surface area contributed by atoms with Gasteiger partial charge in [-0.15, -0.1) is 0 Å². The van der Waals surface area contributed by atoms with E-state index in [2.05, 4.69) is 10.5 Å². The summed E-state index contributed by atoms with van der Waals surface area (Å²) < 4.78 is 0. The molecule has 0 atom stereocenters. The first kappa shape index (κ1) is 13.8. The molecule has 0 radical (unpaired) electrons. The van der Waals surface area contributed by atoms with Crippen LogP contribution in [0.25, 0.3) is 0 Å². The fourth-order valence-electron chi connectivity index (χ4n) is 1.83.